The maximum atomic E-state index is 13.8. The molecule has 278 valence electrons. The number of carbonyl (C=O) groups excluding carboxylic acids is 3. The van der Waals surface area contributed by atoms with Gasteiger partial charge < -0.3 is 25.3 Å². The van der Waals surface area contributed by atoms with Gasteiger partial charge in [0.05, 0.1) is 23.6 Å². The van der Waals surface area contributed by atoms with Gasteiger partial charge in [-0.25, -0.2) is 27.0 Å². The van der Waals surface area contributed by atoms with E-state index in [9.17, 15) is 27.2 Å². The van der Waals surface area contributed by atoms with Crippen LogP contribution in [0.4, 0.5) is 26.5 Å². The average molecular weight is 747 g/mol. The second-order valence-corrected chi connectivity index (χ2v) is 14.6. The van der Waals surface area contributed by atoms with Crippen LogP contribution in [0.1, 0.15) is 39.2 Å². The van der Waals surface area contributed by atoms with Crippen LogP contribution < -0.4 is 20.7 Å². The normalized spacial score (nSPS) is 13.2. The van der Waals surface area contributed by atoms with Crippen LogP contribution in [0.25, 0.3) is 16.8 Å². The van der Waals surface area contributed by atoms with E-state index in [1.807, 2.05) is 12.1 Å². The number of carbonyl (C=O) groups is 3. The van der Waals surface area contributed by atoms with Crippen molar-refractivity contribution < 1.29 is 41.4 Å². The van der Waals surface area contributed by atoms with E-state index in [1.165, 1.54) is 48.9 Å². The Morgan fingerprint density at radius 3 is 2.19 bits per heavy atom. The molecule has 0 saturated carbocycles. The molecular formula is C37H39FN6O8S. The lowest BCUT2D eigenvalue weighted by Gasteiger charge is -2.24. The molecule has 0 fully saturated rings. The molecule has 3 aromatic carbocycles. The van der Waals surface area contributed by atoms with Crippen LogP contribution in [0.2, 0.25) is 0 Å². The van der Waals surface area contributed by atoms with Crippen LogP contribution >= 0.6 is 0 Å². The first-order valence-corrected chi connectivity index (χ1v) is 18.3. The summed E-state index contributed by atoms with van der Waals surface area (Å²) in [7, 11) is -2.34. The van der Waals surface area contributed by atoms with E-state index in [2.05, 4.69) is 15.4 Å². The lowest BCUT2D eigenvalue weighted by molar-refractivity contribution is -0.167. The summed E-state index contributed by atoms with van der Waals surface area (Å²) in [6.07, 6.45) is 0.288. The molecule has 0 aliphatic carbocycles. The van der Waals surface area contributed by atoms with Crippen molar-refractivity contribution in [2.75, 3.05) is 23.6 Å². The Morgan fingerprint density at radius 2 is 1.57 bits per heavy atom. The van der Waals surface area contributed by atoms with Gasteiger partial charge >= 0.3 is 12.1 Å². The maximum absolute atomic E-state index is 13.8. The monoisotopic (exact) mass is 746 g/mol. The number of fused-ring (bicyclic) bond motifs is 1. The molecule has 53 heavy (non-hydrogen) atoms. The van der Waals surface area contributed by atoms with Crippen molar-refractivity contribution in [2.45, 2.75) is 50.8 Å². The van der Waals surface area contributed by atoms with E-state index in [0.717, 1.165) is 22.3 Å². The predicted octanol–water partition coefficient (Wildman–Crippen LogP) is 5.84. The molecule has 0 aliphatic heterocycles. The third kappa shape index (κ3) is 8.96. The van der Waals surface area contributed by atoms with Gasteiger partial charge in [-0.2, -0.15) is 4.98 Å². The SMILES string of the molecule is COc1cc(S(C)(=O)=O)ccc1N(C(=O)OC(C)OC(=O)[C@@H](N)C(C)C)c1nc2ccc(-c3ccc(NC(=O)[C@H](C)c4ccc(F)cc4)cc3)cn2n1. The number of pyridine rings is 1. The summed E-state index contributed by atoms with van der Waals surface area (Å²) in [5.41, 5.74) is 9.02. The van der Waals surface area contributed by atoms with Crippen LogP contribution in [0.3, 0.4) is 0 Å². The van der Waals surface area contributed by atoms with E-state index in [-0.39, 0.29) is 39.9 Å². The van der Waals surface area contributed by atoms with Crippen LogP contribution in [0.15, 0.2) is 90.0 Å². The number of nitrogens with one attached hydrogen (secondary N) is 1. The van der Waals surface area contributed by atoms with Gasteiger partial charge in [-0.05, 0) is 72.5 Å². The molecule has 3 atom stereocenters. The first-order valence-electron chi connectivity index (χ1n) is 16.4. The molecule has 3 N–H and O–H groups in total. The summed E-state index contributed by atoms with van der Waals surface area (Å²) < 4.78 is 55.5. The number of benzene rings is 3. The Kier molecular flexibility index (Phi) is 11.4. The standard InChI is InChI=1S/C37H39FN6O8S/c1-21(2)33(39)35(46)51-23(4)52-37(47)44(30-17-16-29(53(6,48)49)19-31(30)50-5)36-41-32-18-11-26(20-43(32)42-36)25-9-14-28(15-10-25)40-34(45)22(3)24-7-12-27(38)13-8-24/h7-23,33H,39H2,1-6H3,(H,40,45)/t22-,23?,33+/m1/s1. The maximum Gasteiger partial charge on any atom is 0.424 e. The Morgan fingerprint density at radius 1 is 0.906 bits per heavy atom. The zero-order valence-electron chi connectivity index (χ0n) is 29.8. The number of sulfone groups is 1. The third-order valence-corrected chi connectivity index (χ3v) is 9.42. The van der Waals surface area contributed by atoms with Gasteiger partial charge in [-0.15, -0.1) is 5.10 Å². The van der Waals surface area contributed by atoms with Crippen molar-refractivity contribution in [1.29, 1.82) is 0 Å². The van der Waals surface area contributed by atoms with Crippen LogP contribution in [-0.2, 0) is 28.9 Å². The zero-order valence-corrected chi connectivity index (χ0v) is 30.6. The van der Waals surface area contributed by atoms with Gasteiger partial charge in [0, 0.05) is 36.7 Å². The number of rotatable bonds is 12. The summed E-state index contributed by atoms with van der Waals surface area (Å²) >= 11 is 0. The Bertz CT molecular complexity index is 2240. The number of methoxy groups -OCH3 is 1. The molecule has 0 saturated heterocycles. The number of nitrogens with zero attached hydrogens (tertiary/aromatic N) is 4. The number of anilines is 3. The van der Waals surface area contributed by atoms with Crippen molar-refractivity contribution in [3.05, 3.63) is 96.4 Å². The fourth-order valence-corrected chi connectivity index (χ4v) is 5.77. The molecule has 0 aliphatic rings. The van der Waals surface area contributed by atoms with Gasteiger partial charge in [-0.3, -0.25) is 9.59 Å². The van der Waals surface area contributed by atoms with E-state index >= 15 is 0 Å². The summed E-state index contributed by atoms with van der Waals surface area (Å²) in [6.45, 7) is 6.56. The fourth-order valence-electron chi connectivity index (χ4n) is 5.13. The number of esters is 1. The van der Waals surface area contributed by atoms with E-state index in [0.29, 0.717) is 16.9 Å². The topological polar surface area (TPSA) is 185 Å². The number of ether oxygens (including phenoxy) is 3. The highest BCUT2D eigenvalue weighted by Crippen LogP contribution is 2.36. The van der Waals surface area contributed by atoms with Crippen LogP contribution in [0, 0.1) is 11.7 Å². The molecule has 2 heterocycles. The van der Waals surface area contributed by atoms with Gasteiger partial charge in [0.25, 0.3) is 5.95 Å². The minimum absolute atomic E-state index is 0.00450. The van der Waals surface area contributed by atoms with Gasteiger partial charge in [-0.1, -0.05) is 38.1 Å². The summed E-state index contributed by atoms with van der Waals surface area (Å²) in [5, 5.41) is 7.40. The molecule has 1 unspecified atom stereocenters. The minimum atomic E-state index is -3.64. The predicted molar refractivity (Wildman–Crippen MR) is 195 cm³/mol. The second kappa shape index (κ2) is 15.8. The number of halogens is 1. The van der Waals surface area contributed by atoms with E-state index < -0.39 is 40.1 Å². The summed E-state index contributed by atoms with van der Waals surface area (Å²) in [4.78, 5) is 44.5. The first kappa shape index (κ1) is 38.4. The van der Waals surface area contributed by atoms with E-state index in [1.54, 1.807) is 63.4 Å². The highest BCUT2D eigenvalue weighted by molar-refractivity contribution is 7.90. The highest BCUT2D eigenvalue weighted by Gasteiger charge is 2.31. The molecule has 14 nitrogen and oxygen atoms in total. The molecule has 0 bridgehead atoms. The molecule has 0 radical (unpaired) electrons. The largest absolute Gasteiger partial charge is 0.495 e. The second-order valence-electron chi connectivity index (χ2n) is 12.6. The summed E-state index contributed by atoms with van der Waals surface area (Å²) in [6, 6.07) is 19.3. The Balaban J connectivity index is 1.43. The number of amides is 2. The number of hydrogen-bond donors (Lipinski definition) is 2. The fraction of sp³-hybridized carbons (Fsp3) is 0.270. The first-order chi connectivity index (χ1) is 25.0. The molecule has 2 aromatic heterocycles. The van der Waals surface area contributed by atoms with Gasteiger partial charge in [0.2, 0.25) is 12.2 Å². The molecule has 2 amide bonds. The summed E-state index contributed by atoms with van der Waals surface area (Å²) in [5.74, 6) is -2.30. The quantitative estimate of drug-likeness (QED) is 0.116. The van der Waals surface area contributed by atoms with E-state index in [4.69, 9.17) is 19.9 Å². The smallest absolute Gasteiger partial charge is 0.424 e. The molecular weight excluding hydrogens is 708 g/mol. The molecule has 5 rings (SSSR count). The third-order valence-electron chi connectivity index (χ3n) is 8.31. The lowest BCUT2D eigenvalue weighted by Crippen LogP contribution is -2.40. The zero-order chi connectivity index (χ0) is 38.6. The average Bonchev–Trinajstić information content (AvgIpc) is 3.54. The van der Waals surface area contributed by atoms with Crippen molar-refractivity contribution in [1.82, 2.24) is 14.6 Å². The van der Waals surface area contributed by atoms with Crippen LogP contribution in [0.5, 0.6) is 5.75 Å². The highest BCUT2D eigenvalue weighted by atomic mass is 32.2. The lowest BCUT2D eigenvalue weighted by atomic mass is 10.00. The molecule has 0 spiro atoms. The molecule has 5 aromatic rings. The van der Waals surface area contributed by atoms with Crippen molar-refractivity contribution in [2.24, 2.45) is 11.7 Å². The number of hydrogen-bond acceptors (Lipinski definition) is 11. The van der Waals surface area contributed by atoms with Crippen molar-refractivity contribution in [3.8, 4) is 16.9 Å². The van der Waals surface area contributed by atoms with Gasteiger partial charge in [0.1, 0.15) is 17.6 Å². The van der Waals surface area contributed by atoms with Crippen molar-refractivity contribution >= 4 is 50.8 Å². The molecule has 16 heteroatoms. The van der Waals surface area contributed by atoms with Crippen molar-refractivity contribution in [3.63, 3.8) is 0 Å². The Labute approximate surface area is 305 Å². The Hall–Kier alpha value is -5.87. The van der Waals surface area contributed by atoms with Gasteiger partial charge in [0.15, 0.2) is 15.5 Å². The number of aromatic nitrogens is 3. The van der Waals surface area contributed by atoms with Crippen LogP contribution in [-0.4, -0.2) is 66.7 Å². The number of nitrogens with two attached hydrogens (primary N) is 1. The minimum Gasteiger partial charge on any atom is -0.495 e.